The fourth-order valence-electron chi connectivity index (χ4n) is 1.79. The second kappa shape index (κ2) is 6.58. The Labute approximate surface area is 130 Å². The van der Waals surface area contributed by atoms with Crippen LogP contribution in [0.1, 0.15) is 10.4 Å². The molecule has 110 valence electrons. The molecule has 0 aliphatic rings. The Morgan fingerprint density at radius 3 is 2.52 bits per heavy atom. The molecule has 1 amide bonds. The van der Waals surface area contributed by atoms with Gasteiger partial charge in [0, 0.05) is 16.1 Å². The molecule has 0 heterocycles. The minimum absolute atomic E-state index is 0.201. The monoisotopic (exact) mass is 353 g/mol. The summed E-state index contributed by atoms with van der Waals surface area (Å²) in [5.74, 6) is 0.125. The minimum atomic E-state index is -0.493. The molecule has 0 aliphatic carbocycles. The number of nitrogens with one attached hydrogen (secondary N) is 1. The Bertz CT molecular complexity index is 656. The lowest BCUT2D eigenvalue weighted by Crippen LogP contribution is -2.13. The molecule has 2 aromatic carbocycles. The number of hydrogen-bond acceptors (Lipinski definition) is 3. The summed E-state index contributed by atoms with van der Waals surface area (Å²) in [4.78, 5) is 12.2. The molecule has 0 saturated heterocycles. The van der Waals surface area contributed by atoms with E-state index in [1.807, 2.05) is 0 Å². The van der Waals surface area contributed by atoms with Crippen molar-refractivity contribution >= 4 is 27.5 Å². The standard InChI is InChI=1S/C15H13BrFNO3/c1-20-12-3-4-14(21-2)13(8-12)18-15(19)9-5-10(16)7-11(17)6-9/h3-8H,1-2H3,(H,18,19). The van der Waals surface area contributed by atoms with Crippen LogP contribution in [0.3, 0.4) is 0 Å². The Kier molecular flexibility index (Phi) is 4.80. The summed E-state index contributed by atoms with van der Waals surface area (Å²) in [7, 11) is 3.02. The fraction of sp³-hybridized carbons (Fsp3) is 0.133. The van der Waals surface area contributed by atoms with E-state index in [1.165, 1.54) is 26.4 Å². The third-order valence-corrected chi connectivity index (χ3v) is 3.24. The molecule has 4 nitrogen and oxygen atoms in total. The molecule has 0 bridgehead atoms. The van der Waals surface area contributed by atoms with Gasteiger partial charge in [0.2, 0.25) is 0 Å². The predicted molar refractivity (Wildman–Crippen MR) is 81.6 cm³/mol. The number of hydrogen-bond donors (Lipinski definition) is 1. The number of carbonyl (C=O) groups excluding carboxylic acids is 1. The first-order chi connectivity index (χ1) is 10.0. The van der Waals surface area contributed by atoms with Gasteiger partial charge in [0.05, 0.1) is 19.9 Å². The molecule has 0 atom stereocenters. The number of halogens is 2. The van der Waals surface area contributed by atoms with E-state index in [0.29, 0.717) is 21.7 Å². The molecule has 0 saturated carbocycles. The number of rotatable bonds is 4. The zero-order valence-corrected chi connectivity index (χ0v) is 13.0. The first-order valence-corrected chi connectivity index (χ1v) is 6.82. The van der Waals surface area contributed by atoms with Crippen molar-refractivity contribution in [2.45, 2.75) is 0 Å². The van der Waals surface area contributed by atoms with Crippen LogP contribution < -0.4 is 14.8 Å². The lowest BCUT2D eigenvalue weighted by atomic mass is 10.2. The maximum Gasteiger partial charge on any atom is 0.255 e. The van der Waals surface area contributed by atoms with Gasteiger partial charge >= 0.3 is 0 Å². The van der Waals surface area contributed by atoms with Crippen molar-refractivity contribution in [2.75, 3.05) is 19.5 Å². The van der Waals surface area contributed by atoms with Gasteiger partial charge in [-0.15, -0.1) is 0 Å². The summed E-state index contributed by atoms with van der Waals surface area (Å²) in [6.45, 7) is 0. The molecule has 21 heavy (non-hydrogen) atoms. The van der Waals surface area contributed by atoms with Crippen molar-refractivity contribution in [3.8, 4) is 11.5 Å². The minimum Gasteiger partial charge on any atom is -0.497 e. The van der Waals surface area contributed by atoms with Crippen LogP contribution in [0.2, 0.25) is 0 Å². The third kappa shape index (κ3) is 3.72. The van der Waals surface area contributed by atoms with E-state index >= 15 is 0 Å². The Balaban J connectivity index is 2.30. The fourth-order valence-corrected chi connectivity index (χ4v) is 2.26. The molecular weight excluding hydrogens is 341 g/mol. The van der Waals surface area contributed by atoms with Crippen LogP contribution in [0, 0.1) is 5.82 Å². The number of ether oxygens (including phenoxy) is 2. The zero-order valence-electron chi connectivity index (χ0n) is 11.4. The van der Waals surface area contributed by atoms with Gasteiger partial charge in [0.1, 0.15) is 17.3 Å². The van der Waals surface area contributed by atoms with E-state index in [-0.39, 0.29) is 5.56 Å². The Morgan fingerprint density at radius 1 is 1.14 bits per heavy atom. The summed E-state index contributed by atoms with van der Waals surface area (Å²) in [5, 5.41) is 2.68. The van der Waals surface area contributed by atoms with Crippen molar-refractivity contribution in [1.82, 2.24) is 0 Å². The lowest BCUT2D eigenvalue weighted by molar-refractivity contribution is 0.102. The van der Waals surface area contributed by atoms with Crippen molar-refractivity contribution in [1.29, 1.82) is 0 Å². The van der Waals surface area contributed by atoms with Gasteiger partial charge in [0.15, 0.2) is 0 Å². The van der Waals surface area contributed by atoms with E-state index in [9.17, 15) is 9.18 Å². The quantitative estimate of drug-likeness (QED) is 0.907. The third-order valence-electron chi connectivity index (χ3n) is 2.78. The molecule has 6 heteroatoms. The highest BCUT2D eigenvalue weighted by Gasteiger charge is 2.12. The van der Waals surface area contributed by atoms with Crippen LogP contribution in [-0.2, 0) is 0 Å². The first-order valence-electron chi connectivity index (χ1n) is 6.03. The molecule has 0 radical (unpaired) electrons. The summed E-state index contributed by atoms with van der Waals surface area (Å²) in [6.07, 6.45) is 0. The van der Waals surface area contributed by atoms with Gasteiger partial charge in [-0.1, -0.05) is 15.9 Å². The zero-order chi connectivity index (χ0) is 15.4. The molecule has 0 aromatic heterocycles. The number of anilines is 1. The topological polar surface area (TPSA) is 47.6 Å². The predicted octanol–water partition coefficient (Wildman–Crippen LogP) is 3.86. The van der Waals surface area contributed by atoms with E-state index in [1.54, 1.807) is 18.2 Å². The van der Waals surface area contributed by atoms with Crippen LogP contribution in [0.25, 0.3) is 0 Å². The summed E-state index contributed by atoms with van der Waals surface area (Å²) in [6, 6.07) is 9.00. The van der Waals surface area contributed by atoms with E-state index < -0.39 is 11.7 Å². The molecule has 2 rings (SSSR count). The second-order valence-corrected chi connectivity index (χ2v) is 5.09. The van der Waals surface area contributed by atoms with E-state index in [2.05, 4.69) is 21.2 Å². The SMILES string of the molecule is COc1ccc(OC)c(NC(=O)c2cc(F)cc(Br)c2)c1. The van der Waals surface area contributed by atoms with Crippen LogP contribution in [0.15, 0.2) is 40.9 Å². The molecular formula is C15H13BrFNO3. The maximum atomic E-state index is 13.3. The molecule has 0 fully saturated rings. The first kappa shape index (κ1) is 15.3. The number of amides is 1. The van der Waals surface area contributed by atoms with Gasteiger partial charge in [-0.3, -0.25) is 4.79 Å². The summed E-state index contributed by atoms with van der Waals surface area (Å²) in [5.41, 5.74) is 0.647. The molecule has 0 unspecified atom stereocenters. The Hall–Kier alpha value is -2.08. The highest BCUT2D eigenvalue weighted by Crippen LogP contribution is 2.29. The number of benzene rings is 2. The number of carbonyl (C=O) groups is 1. The van der Waals surface area contributed by atoms with Crippen LogP contribution in [-0.4, -0.2) is 20.1 Å². The largest absolute Gasteiger partial charge is 0.497 e. The highest BCUT2D eigenvalue weighted by atomic mass is 79.9. The summed E-state index contributed by atoms with van der Waals surface area (Å²) >= 11 is 3.15. The molecule has 0 spiro atoms. The maximum absolute atomic E-state index is 13.3. The van der Waals surface area contributed by atoms with Crippen LogP contribution in [0.5, 0.6) is 11.5 Å². The average Bonchev–Trinajstić information content (AvgIpc) is 2.46. The lowest BCUT2D eigenvalue weighted by Gasteiger charge is -2.12. The van der Waals surface area contributed by atoms with Gasteiger partial charge in [0.25, 0.3) is 5.91 Å². The summed E-state index contributed by atoms with van der Waals surface area (Å²) < 4.78 is 24.1. The Morgan fingerprint density at radius 2 is 1.90 bits per heavy atom. The van der Waals surface area contributed by atoms with Gasteiger partial charge in [-0.05, 0) is 30.3 Å². The van der Waals surface area contributed by atoms with Crippen LogP contribution >= 0.6 is 15.9 Å². The van der Waals surface area contributed by atoms with Crippen molar-refractivity contribution in [3.63, 3.8) is 0 Å². The van der Waals surface area contributed by atoms with Crippen molar-refractivity contribution in [2.24, 2.45) is 0 Å². The van der Waals surface area contributed by atoms with Crippen molar-refractivity contribution in [3.05, 3.63) is 52.3 Å². The smallest absolute Gasteiger partial charge is 0.255 e. The van der Waals surface area contributed by atoms with Crippen LogP contribution in [0.4, 0.5) is 10.1 Å². The number of methoxy groups -OCH3 is 2. The molecule has 1 N–H and O–H groups in total. The second-order valence-electron chi connectivity index (χ2n) is 4.18. The van der Waals surface area contributed by atoms with Gasteiger partial charge in [-0.2, -0.15) is 0 Å². The highest BCUT2D eigenvalue weighted by molar-refractivity contribution is 9.10. The van der Waals surface area contributed by atoms with Crippen molar-refractivity contribution < 1.29 is 18.7 Å². The van der Waals surface area contributed by atoms with E-state index in [4.69, 9.17) is 9.47 Å². The van der Waals surface area contributed by atoms with Gasteiger partial charge < -0.3 is 14.8 Å². The molecule has 2 aromatic rings. The van der Waals surface area contributed by atoms with Gasteiger partial charge in [-0.25, -0.2) is 4.39 Å². The average molecular weight is 354 g/mol. The van der Waals surface area contributed by atoms with E-state index in [0.717, 1.165) is 6.07 Å². The molecule has 0 aliphatic heterocycles. The normalized spacial score (nSPS) is 10.1.